The number of hydrogen-bond acceptors (Lipinski definition) is 13. The number of carbonyl (C=O) groups is 2. The number of carbonyl (C=O) groups excluding carboxylic acids is 1. The summed E-state index contributed by atoms with van der Waals surface area (Å²) in [6, 6.07) is 31.0. The van der Waals surface area contributed by atoms with E-state index in [1.807, 2.05) is 6.07 Å². The number of halogens is 6. The Hall–Kier alpha value is -7.62. The van der Waals surface area contributed by atoms with Crippen molar-refractivity contribution in [3.8, 4) is 34.5 Å². The number of aliphatic carboxylic acids is 1. The Morgan fingerprint density at radius 3 is 1.53 bits per heavy atom. The van der Waals surface area contributed by atoms with Crippen molar-refractivity contribution in [3.05, 3.63) is 168 Å². The lowest BCUT2D eigenvalue weighted by Gasteiger charge is -2.32. The molecular weight excluding hydrogens is 991 g/mol. The van der Waals surface area contributed by atoms with E-state index in [2.05, 4.69) is 44.0 Å². The molecule has 6 aromatic rings. The lowest BCUT2D eigenvalue weighted by Crippen LogP contribution is -2.43. The SMILES string of the molecule is NC(c1ccc2c(c1)OC(F)(F)O2)c1ccccn1.O=C(NC(c1ccc2c(c1)OC(F)(F)O2)c1ccccn1)C1CCN(CCOc2ccccc2F)CC1.O=C(O)C1CCN(CCOc2ccccc2F)CC1. The van der Waals surface area contributed by atoms with Gasteiger partial charge in [0.15, 0.2) is 46.1 Å². The Labute approximate surface area is 428 Å². The Balaban J connectivity index is 0.000000165. The molecular formula is C54H54F6N6O9. The quantitative estimate of drug-likeness (QED) is 0.0830. The zero-order valence-electron chi connectivity index (χ0n) is 40.3. The van der Waals surface area contributed by atoms with Crippen LogP contribution in [0.4, 0.5) is 26.3 Å². The van der Waals surface area contributed by atoms with Crippen molar-refractivity contribution in [2.24, 2.45) is 17.6 Å². The number of amides is 1. The Bertz CT molecular complexity index is 2840. The number of nitrogens with two attached hydrogens (primary N) is 1. The lowest BCUT2D eigenvalue weighted by molar-refractivity contribution is -0.287. The van der Waals surface area contributed by atoms with E-state index in [0.29, 0.717) is 87.6 Å². The number of fused-ring (bicyclic) bond motifs is 2. The van der Waals surface area contributed by atoms with Crippen molar-refractivity contribution in [2.75, 3.05) is 52.5 Å². The van der Waals surface area contributed by atoms with Crippen LogP contribution in [-0.4, -0.2) is 102 Å². The highest BCUT2D eigenvalue weighted by molar-refractivity contribution is 5.79. The fourth-order valence-corrected chi connectivity index (χ4v) is 8.69. The molecule has 4 aromatic carbocycles. The number of piperidine rings is 2. The molecule has 4 aliphatic heterocycles. The average molecular weight is 1050 g/mol. The van der Waals surface area contributed by atoms with E-state index in [-0.39, 0.29) is 58.1 Å². The number of ether oxygens (including phenoxy) is 6. The number of benzene rings is 4. The van der Waals surface area contributed by atoms with Gasteiger partial charge in [0, 0.05) is 31.4 Å². The molecule has 0 spiro atoms. The summed E-state index contributed by atoms with van der Waals surface area (Å²) >= 11 is 0. The number of alkyl halides is 4. The van der Waals surface area contributed by atoms with Crippen LogP contribution < -0.4 is 39.5 Å². The largest absolute Gasteiger partial charge is 0.586 e. The fourth-order valence-electron chi connectivity index (χ4n) is 8.69. The molecule has 2 aromatic heterocycles. The first-order chi connectivity index (χ1) is 36.1. The summed E-state index contributed by atoms with van der Waals surface area (Å²) in [5.74, 6) is -1.71. The molecule has 2 fully saturated rings. The van der Waals surface area contributed by atoms with Crippen molar-refractivity contribution in [1.82, 2.24) is 25.1 Å². The lowest BCUT2D eigenvalue weighted by atomic mass is 9.94. The molecule has 10 rings (SSSR count). The van der Waals surface area contributed by atoms with Crippen LogP contribution >= 0.6 is 0 Å². The van der Waals surface area contributed by atoms with Crippen LogP contribution in [0.5, 0.6) is 34.5 Å². The second-order valence-electron chi connectivity index (χ2n) is 17.8. The zero-order chi connectivity index (χ0) is 53.0. The van der Waals surface area contributed by atoms with E-state index >= 15 is 0 Å². The smallest absolute Gasteiger partial charge is 0.489 e. The minimum atomic E-state index is -3.72. The van der Waals surface area contributed by atoms with Crippen molar-refractivity contribution in [2.45, 2.75) is 50.4 Å². The molecule has 4 N–H and O–H groups in total. The van der Waals surface area contributed by atoms with E-state index in [1.165, 1.54) is 36.4 Å². The first-order valence-corrected chi connectivity index (χ1v) is 24.2. The predicted octanol–water partition coefficient (Wildman–Crippen LogP) is 8.99. The number of nitrogens with one attached hydrogen (secondary N) is 1. The van der Waals surface area contributed by atoms with Gasteiger partial charge in [0.1, 0.15) is 13.2 Å². The third-order valence-electron chi connectivity index (χ3n) is 12.7. The third kappa shape index (κ3) is 14.8. The third-order valence-corrected chi connectivity index (χ3v) is 12.7. The van der Waals surface area contributed by atoms with Crippen LogP contribution in [0.3, 0.4) is 0 Å². The van der Waals surface area contributed by atoms with Gasteiger partial charge in [-0.2, -0.15) is 0 Å². The van der Waals surface area contributed by atoms with Gasteiger partial charge in [-0.25, -0.2) is 8.78 Å². The minimum Gasteiger partial charge on any atom is -0.489 e. The van der Waals surface area contributed by atoms with Gasteiger partial charge in [0.05, 0.1) is 29.4 Å². The number of carboxylic acids is 1. The van der Waals surface area contributed by atoms with Crippen LogP contribution in [0.2, 0.25) is 0 Å². The molecule has 0 bridgehead atoms. The molecule has 15 nitrogen and oxygen atoms in total. The summed E-state index contributed by atoms with van der Waals surface area (Å²) in [5, 5.41) is 11.9. The van der Waals surface area contributed by atoms with Gasteiger partial charge >= 0.3 is 18.6 Å². The van der Waals surface area contributed by atoms with Gasteiger partial charge < -0.3 is 44.6 Å². The molecule has 1 amide bonds. The zero-order valence-corrected chi connectivity index (χ0v) is 40.3. The van der Waals surface area contributed by atoms with Crippen LogP contribution in [0.1, 0.15) is 60.3 Å². The molecule has 21 heteroatoms. The highest BCUT2D eigenvalue weighted by Gasteiger charge is 2.45. The molecule has 0 radical (unpaired) electrons. The van der Waals surface area contributed by atoms with Crippen molar-refractivity contribution in [3.63, 3.8) is 0 Å². The van der Waals surface area contributed by atoms with Gasteiger partial charge in [-0.1, -0.05) is 48.5 Å². The maximum Gasteiger partial charge on any atom is 0.586 e. The first-order valence-electron chi connectivity index (χ1n) is 24.2. The maximum atomic E-state index is 13.7. The number of rotatable bonds is 15. The molecule has 6 heterocycles. The molecule has 0 aliphatic carbocycles. The molecule has 0 saturated carbocycles. The Morgan fingerprint density at radius 1 is 0.613 bits per heavy atom. The normalized spacial score (nSPS) is 17.5. The standard InChI is InChI=1S/C27H26F3N3O4.C14H18FNO3.C13H10F2N2O2/c28-20-5-1-2-7-22(20)35-16-15-33-13-10-18(11-14-33)26(34)32-25(21-6-3-4-12-31-21)19-8-9-23-24(17-19)37-27(29,30)36-23;15-12-3-1-2-4-13(12)19-10-9-16-7-5-11(6-8-16)14(17)18;14-13(15)18-10-5-4-8(7-11(10)19-13)12(16)9-3-1-2-6-17-9/h1-9,12,17-18,25H,10-11,13-16H2,(H,32,34);1-4,11H,5-10H2,(H,17,18);1-7,12H,16H2. The van der Waals surface area contributed by atoms with Gasteiger partial charge in [-0.15, -0.1) is 17.6 Å². The number of aromatic nitrogens is 2. The van der Waals surface area contributed by atoms with Crippen LogP contribution in [-0.2, 0) is 9.59 Å². The summed E-state index contributed by atoms with van der Waals surface area (Å²) in [6.07, 6.45) is -1.46. The first kappa shape index (κ1) is 53.7. The summed E-state index contributed by atoms with van der Waals surface area (Å²) in [5.41, 5.74) is 8.43. The summed E-state index contributed by atoms with van der Waals surface area (Å²) < 4.78 is 109. The van der Waals surface area contributed by atoms with E-state index in [9.17, 15) is 35.9 Å². The van der Waals surface area contributed by atoms with E-state index in [0.717, 1.165) is 13.1 Å². The van der Waals surface area contributed by atoms with Crippen molar-refractivity contribution < 1.29 is 69.5 Å². The molecule has 75 heavy (non-hydrogen) atoms. The average Bonchev–Trinajstić information content (AvgIpc) is 3.91. The number of likely N-dealkylation sites (tertiary alicyclic amines) is 2. The second-order valence-corrected chi connectivity index (χ2v) is 17.8. The molecule has 2 saturated heterocycles. The monoisotopic (exact) mass is 1040 g/mol. The number of hydrogen-bond donors (Lipinski definition) is 3. The van der Waals surface area contributed by atoms with Crippen LogP contribution in [0.15, 0.2) is 134 Å². The Kier molecular flexibility index (Phi) is 17.6. The number of para-hydroxylation sites is 2. The molecule has 2 unspecified atom stereocenters. The van der Waals surface area contributed by atoms with Gasteiger partial charge in [-0.3, -0.25) is 29.4 Å². The predicted molar refractivity (Wildman–Crippen MR) is 260 cm³/mol. The van der Waals surface area contributed by atoms with Crippen molar-refractivity contribution >= 4 is 11.9 Å². The van der Waals surface area contributed by atoms with Gasteiger partial charge in [-0.05, 0) is 136 Å². The summed E-state index contributed by atoms with van der Waals surface area (Å²) in [4.78, 5) is 36.9. The number of nitrogens with zero attached hydrogens (tertiary/aromatic N) is 4. The highest BCUT2D eigenvalue weighted by atomic mass is 19.3. The molecule has 2 atom stereocenters. The van der Waals surface area contributed by atoms with Gasteiger partial charge in [0.2, 0.25) is 5.91 Å². The van der Waals surface area contributed by atoms with E-state index in [1.54, 1.807) is 91.3 Å². The van der Waals surface area contributed by atoms with E-state index in [4.69, 9.17) is 20.3 Å². The fraction of sp³-hybridized carbons (Fsp3) is 0.333. The number of carboxylic acid groups (broad SMARTS) is 1. The maximum absolute atomic E-state index is 13.7. The summed E-state index contributed by atoms with van der Waals surface area (Å²) in [6.45, 7) is 5.01. The van der Waals surface area contributed by atoms with Gasteiger partial charge in [0.25, 0.3) is 0 Å². The Morgan fingerprint density at radius 2 is 1.05 bits per heavy atom. The van der Waals surface area contributed by atoms with Crippen LogP contribution in [0.25, 0.3) is 0 Å². The topological polar surface area (TPSA) is 180 Å². The van der Waals surface area contributed by atoms with E-state index < -0.39 is 36.5 Å². The second kappa shape index (κ2) is 24.6. The number of pyridine rings is 2. The van der Waals surface area contributed by atoms with Crippen molar-refractivity contribution in [1.29, 1.82) is 0 Å². The minimum absolute atomic E-state index is 0.00182. The highest BCUT2D eigenvalue weighted by Crippen LogP contribution is 2.44. The molecule has 4 aliphatic rings. The van der Waals surface area contributed by atoms with Crippen LogP contribution in [0, 0.1) is 23.5 Å². The summed E-state index contributed by atoms with van der Waals surface area (Å²) in [7, 11) is 0. The molecule has 396 valence electrons.